The van der Waals surface area contributed by atoms with Crippen LogP contribution in [0.1, 0.15) is 5.56 Å². The number of hydrogen-bond donors (Lipinski definition) is 1. The lowest BCUT2D eigenvalue weighted by molar-refractivity contribution is 0.416. The molecule has 3 aromatic rings. The van der Waals surface area contributed by atoms with E-state index in [-0.39, 0.29) is 0 Å². The molecule has 4 heteroatoms. The standard InChI is InChI=1S/C19H17ClN2O/c1-23-19-8-7-14(12-22-17-6-3-9-21-13-17)10-18(19)15-4-2-5-16(20)11-15/h2-11,13,22H,12H2,1H3. The first kappa shape index (κ1) is 15.4. The molecular weight excluding hydrogens is 308 g/mol. The van der Waals surface area contributed by atoms with E-state index in [2.05, 4.69) is 22.4 Å². The van der Waals surface area contributed by atoms with Crippen LogP contribution < -0.4 is 10.1 Å². The summed E-state index contributed by atoms with van der Waals surface area (Å²) in [6, 6.07) is 17.8. The Morgan fingerprint density at radius 2 is 2.00 bits per heavy atom. The number of ether oxygens (including phenoxy) is 1. The number of benzene rings is 2. The predicted octanol–water partition coefficient (Wildman–Crippen LogP) is 5.02. The maximum Gasteiger partial charge on any atom is 0.126 e. The van der Waals surface area contributed by atoms with Gasteiger partial charge >= 0.3 is 0 Å². The number of hydrogen-bond acceptors (Lipinski definition) is 3. The highest BCUT2D eigenvalue weighted by molar-refractivity contribution is 6.30. The maximum atomic E-state index is 6.11. The van der Waals surface area contributed by atoms with Crippen molar-refractivity contribution in [2.75, 3.05) is 12.4 Å². The van der Waals surface area contributed by atoms with Crippen molar-refractivity contribution < 1.29 is 4.74 Å². The van der Waals surface area contributed by atoms with Gasteiger partial charge in [0.1, 0.15) is 5.75 Å². The van der Waals surface area contributed by atoms with E-state index < -0.39 is 0 Å². The summed E-state index contributed by atoms with van der Waals surface area (Å²) in [6.07, 6.45) is 3.57. The molecule has 0 amide bonds. The van der Waals surface area contributed by atoms with E-state index in [9.17, 15) is 0 Å². The summed E-state index contributed by atoms with van der Waals surface area (Å²) in [6.45, 7) is 0.712. The van der Waals surface area contributed by atoms with Gasteiger partial charge in [-0.2, -0.15) is 0 Å². The molecule has 3 rings (SSSR count). The zero-order valence-electron chi connectivity index (χ0n) is 12.8. The number of halogens is 1. The fourth-order valence-corrected chi connectivity index (χ4v) is 2.61. The maximum absolute atomic E-state index is 6.11. The number of rotatable bonds is 5. The predicted molar refractivity (Wildman–Crippen MR) is 95.0 cm³/mol. The quantitative estimate of drug-likeness (QED) is 0.715. The third-order valence-corrected chi connectivity index (χ3v) is 3.79. The van der Waals surface area contributed by atoms with Gasteiger partial charge in [-0.3, -0.25) is 4.98 Å². The van der Waals surface area contributed by atoms with E-state index in [1.165, 1.54) is 0 Å². The van der Waals surface area contributed by atoms with Gasteiger partial charge in [-0.15, -0.1) is 0 Å². The highest BCUT2D eigenvalue weighted by Crippen LogP contribution is 2.32. The molecule has 2 aromatic carbocycles. The number of methoxy groups -OCH3 is 1. The molecule has 23 heavy (non-hydrogen) atoms. The Labute approximate surface area is 140 Å². The van der Waals surface area contributed by atoms with Crippen molar-refractivity contribution in [1.29, 1.82) is 0 Å². The molecule has 0 saturated carbocycles. The zero-order chi connectivity index (χ0) is 16.1. The number of nitrogens with zero attached hydrogens (tertiary/aromatic N) is 1. The average molecular weight is 325 g/mol. The Balaban J connectivity index is 1.87. The lowest BCUT2D eigenvalue weighted by atomic mass is 10.0. The zero-order valence-corrected chi connectivity index (χ0v) is 13.5. The van der Waals surface area contributed by atoms with Crippen LogP contribution >= 0.6 is 11.6 Å². The summed E-state index contributed by atoms with van der Waals surface area (Å²) >= 11 is 6.11. The largest absolute Gasteiger partial charge is 0.496 e. The van der Waals surface area contributed by atoms with Crippen molar-refractivity contribution in [2.24, 2.45) is 0 Å². The molecule has 1 aromatic heterocycles. The Morgan fingerprint density at radius 1 is 1.09 bits per heavy atom. The lowest BCUT2D eigenvalue weighted by Crippen LogP contribution is -2.00. The summed E-state index contributed by atoms with van der Waals surface area (Å²) in [5, 5.41) is 4.07. The van der Waals surface area contributed by atoms with Gasteiger partial charge < -0.3 is 10.1 Å². The van der Waals surface area contributed by atoms with Gasteiger partial charge in [0, 0.05) is 29.5 Å². The van der Waals surface area contributed by atoms with Gasteiger partial charge in [-0.1, -0.05) is 29.8 Å². The first-order valence-corrected chi connectivity index (χ1v) is 7.71. The van der Waals surface area contributed by atoms with Crippen molar-refractivity contribution in [2.45, 2.75) is 6.54 Å². The van der Waals surface area contributed by atoms with E-state index >= 15 is 0 Å². The molecular formula is C19H17ClN2O. The third-order valence-electron chi connectivity index (χ3n) is 3.56. The van der Waals surface area contributed by atoms with E-state index in [1.807, 2.05) is 42.5 Å². The fraction of sp³-hybridized carbons (Fsp3) is 0.105. The third kappa shape index (κ3) is 3.82. The molecule has 0 unspecified atom stereocenters. The highest BCUT2D eigenvalue weighted by atomic mass is 35.5. The summed E-state index contributed by atoms with van der Waals surface area (Å²) in [5.41, 5.74) is 4.22. The molecule has 1 heterocycles. The molecule has 1 N–H and O–H groups in total. The monoisotopic (exact) mass is 324 g/mol. The van der Waals surface area contributed by atoms with Crippen molar-refractivity contribution in [3.63, 3.8) is 0 Å². The SMILES string of the molecule is COc1ccc(CNc2cccnc2)cc1-c1cccc(Cl)c1. The van der Waals surface area contributed by atoms with Crippen LogP contribution in [-0.4, -0.2) is 12.1 Å². The van der Waals surface area contributed by atoms with Gasteiger partial charge in [0.05, 0.1) is 12.8 Å². The summed E-state index contributed by atoms with van der Waals surface area (Å²) < 4.78 is 5.48. The van der Waals surface area contributed by atoms with Gasteiger partial charge in [-0.25, -0.2) is 0 Å². The molecule has 3 nitrogen and oxygen atoms in total. The lowest BCUT2D eigenvalue weighted by Gasteiger charge is -2.12. The Hall–Kier alpha value is -2.52. The molecule has 0 aliphatic carbocycles. The number of aromatic nitrogens is 1. The van der Waals surface area contributed by atoms with Crippen LogP contribution in [0.25, 0.3) is 11.1 Å². The molecule has 116 valence electrons. The molecule has 0 radical (unpaired) electrons. The van der Waals surface area contributed by atoms with Crippen molar-refractivity contribution in [1.82, 2.24) is 4.98 Å². The fourth-order valence-electron chi connectivity index (χ4n) is 2.42. The average Bonchev–Trinajstić information content (AvgIpc) is 2.60. The van der Waals surface area contributed by atoms with Gasteiger partial charge in [-0.05, 0) is 47.5 Å². The Bertz CT molecular complexity index is 790. The van der Waals surface area contributed by atoms with Crippen LogP contribution in [0.3, 0.4) is 0 Å². The van der Waals surface area contributed by atoms with Crippen LogP contribution in [0.5, 0.6) is 5.75 Å². The summed E-state index contributed by atoms with van der Waals surface area (Å²) in [7, 11) is 1.68. The first-order chi connectivity index (χ1) is 11.3. The van der Waals surface area contributed by atoms with Crippen LogP contribution in [0.2, 0.25) is 5.02 Å². The van der Waals surface area contributed by atoms with Crippen LogP contribution in [0, 0.1) is 0 Å². The highest BCUT2D eigenvalue weighted by Gasteiger charge is 2.08. The topological polar surface area (TPSA) is 34.1 Å². The Kier molecular flexibility index (Phi) is 4.79. The number of anilines is 1. The van der Waals surface area contributed by atoms with E-state index in [4.69, 9.17) is 16.3 Å². The smallest absolute Gasteiger partial charge is 0.126 e. The van der Waals surface area contributed by atoms with Crippen LogP contribution in [0.15, 0.2) is 67.0 Å². The minimum atomic E-state index is 0.712. The normalized spacial score (nSPS) is 10.3. The molecule has 0 fully saturated rings. The summed E-state index contributed by atoms with van der Waals surface area (Å²) in [4.78, 5) is 4.10. The molecule has 0 spiro atoms. The second kappa shape index (κ2) is 7.16. The molecule has 0 aliphatic rings. The Morgan fingerprint density at radius 3 is 2.74 bits per heavy atom. The minimum Gasteiger partial charge on any atom is -0.496 e. The van der Waals surface area contributed by atoms with E-state index in [0.717, 1.165) is 28.1 Å². The van der Waals surface area contributed by atoms with Gasteiger partial charge in [0.2, 0.25) is 0 Å². The minimum absolute atomic E-state index is 0.712. The summed E-state index contributed by atoms with van der Waals surface area (Å²) in [5.74, 6) is 0.831. The van der Waals surface area contributed by atoms with Crippen molar-refractivity contribution in [3.8, 4) is 16.9 Å². The molecule has 0 saturated heterocycles. The molecule has 0 atom stereocenters. The number of nitrogens with one attached hydrogen (secondary N) is 1. The van der Waals surface area contributed by atoms with Crippen molar-refractivity contribution in [3.05, 3.63) is 77.6 Å². The second-order valence-corrected chi connectivity index (χ2v) is 5.58. The van der Waals surface area contributed by atoms with E-state index in [1.54, 1.807) is 19.5 Å². The number of pyridine rings is 1. The van der Waals surface area contributed by atoms with Crippen LogP contribution in [-0.2, 0) is 6.54 Å². The van der Waals surface area contributed by atoms with Gasteiger partial charge in [0.15, 0.2) is 0 Å². The van der Waals surface area contributed by atoms with Gasteiger partial charge in [0.25, 0.3) is 0 Å². The van der Waals surface area contributed by atoms with Crippen molar-refractivity contribution >= 4 is 17.3 Å². The van der Waals surface area contributed by atoms with Crippen LogP contribution in [0.4, 0.5) is 5.69 Å². The first-order valence-electron chi connectivity index (χ1n) is 7.33. The molecule has 0 bridgehead atoms. The molecule has 0 aliphatic heterocycles. The second-order valence-electron chi connectivity index (χ2n) is 5.14. The van der Waals surface area contributed by atoms with E-state index in [0.29, 0.717) is 11.6 Å².